The first-order valence-electron chi connectivity index (χ1n) is 6.36. The van der Waals surface area contributed by atoms with Crippen LogP contribution in [0.2, 0.25) is 0 Å². The molecule has 2 aromatic rings. The zero-order chi connectivity index (χ0) is 13.8. The van der Waals surface area contributed by atoms with Gasteiger partial charge in [-0.1, -0.05) is 35.0 Å². The van der Waals surface area contributed by atoms with Gasteiger partial charge in [0.05, 0.1) is 9.83 Å². The van der Waals surface area contributed by atoms with Gasteiger partial charge in [-0.15, -0.1) is 11.3 Å². The predicted molar refractivity (Wildman–Crippen MR) is 91.0 cm³/mol. The van der Waals surface area contributed by atoms with Crippen LogP contribution >= 0.6 is 43.2 Å². The van der Waals surface area contributed by atoms with Gasteiger partial charge in [0.15, 0.2) is 0 Å². The topological polar surface area (TPSA) is 12.0 Å². The second-order valence-corrected chi connectivity index (χ2v) is 7.90. The van der Waals surface area contributed by atoms with Crippen LogP contribution in [-0.2, 0) is 0 Å². The van der Waals surface area contributed by atoms with Crippen LogP contribution in [0.1, 0.15) is 35.4 Å². The lowest BCUT2D eigenvalue weighted by molar-refractivity contribution is 0.604. The van der Waals surface area contributed by atoms with Gasteiger partial charge in [0, 0.05) is 9.35 Å². The van der Waals surface area contributed by atoms with Crippen LogP contribution < -0.4 is 5.32 Å². The third kappa shape index (κ3) is 3.91. The molecular formula is C15H17Br2NS. The highest BCUT2D eigenvalue weighted by atomic mass is 79.9. The summed E-state index contributed by atoms with van der Waals surface area (Å²) >= 11 is 9.03. The van der Waals surface area contributed by atoms with Crippen molar-refractivity contribution in [3.8, 4) is 0 Å². The molecule has 1 aromatic heterocycles. The molecule has 1 unspecified atom stereocenters. The predicted octanol–water partition coefficient (Wildman–Crippen LogP) is 5.67. The number of nitrogens with one attached hydrogen (secondary N) is 1. The molecule has 0 fully saturated rings. The van der Waals surface area contributed by atoms with Crippen LogP contribution in [0.4, 0.5) is 0 Å². The minimum absolute atomic E-state index is 0.256. The van der Waals surface area contributed by atoms with Crippen molar-refractivity contribution in [1.82, 2.24) is 5.32 Å². The minimum Gasteiger partial charge on any atom is -0.306 e. The smallest absolute Gasteiger partial charge is 0.0702 e. The van der Waals surface area contributed by atoms with Crippen LogP contribution in [-0.4, -0.2) is 6.54 Å². The van der Waals surface area contributed by atoms with Crippen molar-refractivity contribution in [3.63, 3.8) is 0 Å². The zero-order valence-corrected chi connectivity index (χ0v) is 15.0. The molecule has 1 aromatic carbocycles. The van der Waals surface area contributed by atoms with E-state index in [9.17, 15) is 0 Å². The van der Waals surface area contributed by atoms with Crippen molar-refractivity contribution >= 4 is 43.2 Å². The molecule has 2 rings (SSSR count). The minimum atomic E-state index is 0.256. The van der Waals surface area contributed by atoms with Crippen molar-refractivity contribution in [2.24, 2.45) is 0 Å². The average molecular weight is 403 g/mol. The summed E-state index contributed by atoms with van der Waals surface area (Å²) in [6.45, 7) is 5.32. The first-order chi connectivity index (χ1) is 9.11. The van der Waals surface area contributed by atoms with E-state index in [1.165, 1.54) is 24.3 Å². The Balaban J connectivity index is 2.36. The highest BCUT2D eigenvalue weighted by Crippen LogP contribution is 2.34. The third-order valence-corrected chi connectivity index (χ3v) is 5.32. The lowest BCUT2D eigenvalue weighted by atomic mass is 10.0. The fraction of sp³-hybridized carbons (Fsp3) is 0.333. The molecule has 19 heavy (non-hydrogen) atoms. The lowest BCUT2D eigenvalue weighted by Gasteiger charge is -2.19. The zero-order valence-electron chi connectivity index (χ0n) is 11.0. The maximum absolute atomic E-state index is 3.70. The first kappa shape index (κ1) is 15.2. The van der Waals surface area contributed by atoms with Crippen LogP contribution in [0.15, 0.2) is 38.6 Å². The lowest BCUT2D eigenvalue weighted by Crippen LogP contribution is -2.22. The van der Waals surface area contributed by atoms with Gasteiger partial charge in [-0.2, -0.15) is 0 Å². The summed E-state index contributed by atoms with van der Waals surface area (Å²) in [7, 11) is 0. The van der Waals surface area contributed by atoms with E-state index in [1.807, 2.05) is 0 Å². The second kappa shape index (κ2) is 7.02. The van der Waals surface area contributed by atoms with E-state index in [0.29, 0.717) is 0 Å². The summed E-state index contributed by atoms with van der Waals surface area (Å²) in [5, 5.41) is 3.64. The van der Waals surface area contributed by atoms with E-state index in [4.69, 9.17) is 0 Å². The van der Waals surface area contributed by atoms with Gasteiger partial charge in [-0.3, -0.25) is 0 Å². The fourth-order valence-corrected chi connectivity index (χ4v) is 4.24. The summed E-state index contributed by atoms with van der Waals surface area (Å²) in [6.07, 6.45) is 1.13. The molecule has 0 radical (unpaired) electrons. The third-order valence-electron chi connectivity index (χ3n) is 2.94. The summed E-state index contributed by atoms with van der Waals surface area (Å²) in [5.41, 5.74) is 2.57. The number of halogens is 2. The normalized spacial score (nSPS) is 12.6. The average Bonchev–Trinajstić information content (AvgIpc) is 2.78. The number of hydrogen-bond donors (Lipinski definition) is 1. The molecule has 1 nitrogen and oxygen atoms in total. The van der Waals surface area contributed by atoms with Crippen molar-refractivity contribution in [1.29, 1.82) is 0 Å². The maximum Gasteiger partial charge on any atom is 0.0702 e. The molecule has 102 valence electrons. The summed E-state index contributed by atoms with van der Waals surface area (Å²) in [6, 6.07) is 11.1. The fourth-order valence-electron chi connectivity index (χ4n) is 2.00. The van der Waals surface area contributed by atoms with Crippen LogP contribution in [0.25, 0.3) is 0 Å². The van der Waals surface area contributed by atoms with Crippen molar-refractivity contribution in [3.05, 3.63) is 54.6 Å². The molecule has 0 aliphatic carbocycles. The molecule has 4 heteroatoms. The standard InChI is InChI=1S/C15H17Br2NS/c1-3-8-18-15(13-6-7-14(17)19-13)11-5-4-10(2)9-12(11)16/h4-7,9,15,18H,3,8H2,1-2H3. The molecular weight excluding hydrogens is 386 g/mol. The van der Waals surface area contributed by atoms with Crippen molar-refractivity contribution in [2.45, 2.75) is 26.3 Å². The summed E-state index contributed by atoms with van der Waals surface area (Å²) in [4.78, 5) is 1.34. The number of rotatable bonds is 5. The monoisotopic (exact) mass is 401 g/mol. The Hall–Kier alpha value is -0.160. The van der Waals surface area contributed by atoms with E-state index in [-0.39, 0.29) is 6.04 Å². The van der Waals surface area contributed by atoms with Gasteiger partial charge in [-0.25, -0.2) is 0 Å². The molecule has 1 atom stereocenters. The molecule has 0 spiro atoms. The first-order valence-corrected chi connectivity index (χ1v) is 8.76. The second-order valence-electron chi connectivity index (χ2n) is 4.55. The van der Waals surface area contributed by atoms with Gasteiger partial charge in [0.1, 0.15) is 0 Å². The van der Waals surface area contributed by atoms with E-state index < -0.39 is 0 Å². The Labute approximate surface area is 135 Å². The molecule has 0 bridgehead atoms. The Kier molecular flexibility index (Phi) is 5.63. The summed E-state index contributed by atoms with van der Waals surface area (Å²) < 4.78 is 2.35. The SMILES string of the molecule is CCCNC(c1ccc(Br)s1)c1ccc(C)cc1Br. The van der Waals surface area contributed by atoms with Gasteiger partial charge in [0.25, 0.3) is 0 Å². The highest BCUT2D eigenvalue weighted by molar-refractivity contribution is 9.11. The highest BCUT2D eigenvalue weighted by Gasteiger charge is 2.17. The maximum atomic E-state index is 3.70. The van der Waals surface area contributed by atoms with E-state index >= 15 is 0 Å². The Morgan fingerprint density at radius 2 is 2.00 bits per heavy atom. The Morgan fingerprint density at radius 1 is 1.21 bits per heavy atom. The van der Waals surface area contributed by atoms with E-state index in [0.717, 1.165) is 13.0 Å². The van der Waals surface area contributed by atoms with Gasteiger partial charge < -0.3 is 5.32 Å². The molecule has 1 N–H and O–H groups in total. The number of thiophene rings is 1. The van der Waals surface area contributed by atoms with Crippen LogP contribution in [0.3, 0.4) is 0 Å². The molecule has 1 heterocycles. The molecule has 0 saturated heterocycles. The van der Waals surface area contributed by atoms with Gasteiger partial charge in [0.2, 0.25) is 0 Å². The van der Waals surface area contributed by atoms with E-state index in [2.05, 4.69) is 81.4 Å². The van der Waals surface area contributed by atoms with Crippen molar-refractivity contribution < 1.29 is 0 Å². The number of hydrogen-bond acceptors (Lipinski definition) is 2. The Bertz CT molecular complexity index is 551. The van der Waals surface area contributed by atoms with Gasteiger partial charge >= 0.3 is 0 Å². The Morgan fingerprint density at radius 3 is 2.58 bits per heavy atom. The van der Waals surface area contributed by atoms with E-state index in [1.54, 1.807) is 11.3 Å². The number of aryl methyl sites for hydroxylation is 1. The van der Waals surface area contributed by atoms with Crippen LogP contribution in [0, 0.1) is 6.92 Å². The molecule has 0 aliphatic heterocycles. The summed E-state index contributed by atoms with van der Waals surface area (Å²) in [5.74, 6) is 0. The molecule has 0 aliphatic rings. The quantitative estimate of drug-likeness (QED) is 0.679. The largest absolute Gasteiger partial charge is 0.306 e. The number of benzene rings is 1. The molecule has 0 amide bonds. The molecule has 0 saturated carbocycles. The van der Waals surface area contributed by atoms with Crippen molar-refractivity contribution in [2.75, 3.05) is 6.54 Å². The van der Waals surface area contributed by atoms with Gasteiger partial charge in [-0.05, 0) is 65.1 Å². The van der Waals surface area contributed by atoms with Crippen LogP contribution in [0.5, 0.6) is 0 Å².